The van der Waals surface area contributed by atoms with Crippen LogP contribution in [0.2, 0.25) is 12.6 Å². The maximum atomic E-state index is 5.90. The minimum Gasteiger partial charge on any atom is -0.398 e. The molecule has 0 aliphatic heterocycles. The lowest BCUT2D eigenvalue weighted by Crippen LogP contribution is -2.37. The quantitative estimate of drug-likeness (QED) is 0.434. The van der Waals surface area contributed by atoms with Gasteiger partial charge in [-0.2, -0.15) is 0 Å². The zero-order chi connectivity index (χ0) is 10.9. The van der Waals surface area contributed by atoms with Gasteiger partial charge in [-0.05, 0) is 19.0 Å². The molecule has 0 fully saturated rings. The lowest BCUT2D eigenvalue weighted by Gasteiger charge is -2.24. The summed E-state index contributed by atoms with van der Waals surface area (Å²) in [5, 5.41) is 0. The Labute approximate surface area is 90.2 Å². The average Bonchev–Trinajstić information content (AvgIpc) is 2.22. The van der Waals surface area contributed by atoms with Gasteiger partial charge in [0.25, 0.3) is 0 Å². The maximum Gasteiger partial charge on any atom is 0.334 e. The van der Waals surface area contributed by atoms with Crippen LogP contribution in [-0.2, 0) is 8.85 Å². The van der Waals surface area contributed by atoms with E-state index >= 15 is 0 Å². The Kier molecular flexibility index (Phi) is 8.53. The molecule has 1 atom stereocenters. The zero-order valence-electron chi connectivity index (χ0n) is 10.3. The highest BCUT2D eigenvalue weighted by Gasteiger charge is 2.28. The van der Waals surface area contributed by atoms with Crippen molar-refractivity contribution in [2.75, 3.05) is 13.7 Å². The first-order valence-corrected chi connectivity index (χ1v) is 8.40. The molecule has 0 saturated carbocycles. The summed E-state index contributed by atoms with van der Waals surface area (Å²) in [6.45, 7) is 7.48. The summed E-state index contributed by atoms with van der Waals surface area (Å²) in [6, 6.07) is 1.13. The molecule has 0 radical (unpaired) electrons. The van der Waals surface area contributed by atoms with Crippen molar-refractivity contribution in [2.24, 2.45) is 0 Å². The van der Waals surface area contributed by atoms with E-state index in [1.165, 1.54) is 32.1 Å². The van der Waals surface area contributed by atoms with E-state index in [1.807, 2.05) is 0 Å². The molecular formula is C11H26O2Si. The van der Waals surface area contributed by atoms with Crippen LogP contribution in [0.1, 0.15) is 46.0 Å². The van der Waals surface area contributed by atoms with Crippen molar-refractivity contribution in [3.05, 3.63) is 0 Å². The highest BCUT2D eigenvalue weighted by molar-refractivity contribution is 6.65. The Bertz CT molecular complexity index is 130. The molecule has 0 saturated heterocycles. The van der Waals surface area contributed by atoms with Gasteiger partial charge in [0.1, 0.15) is 0 Å². The lowest BCUT2D eigenvalue weighted by atomic mass is 10.3. The topological polar surface area (TPSA) is 18.5 Å². The minimum absolute atomic E-state index is 0.883. The summed E-state index contributed by atoms with van der Waals surface area (Å²) < 4.78 is 11.4. The highest BCUT2D eigenvalue weighted by Crippen LogP contribution is 2.16. The van der Waals surface area contributed by atoms with E-state index < -0.39 is 8.56 Å². The Balaban J connectivity index is 3.63. The van der Waals surface area contributed by atoms with Crippen molar-refractivity contribution in [3.63, 3.8) is 0 Å². The standard InChI is InChI=1S/C11H26O2Si/c1-5-7-9-10-13-14(4,12-3)11-8-6-2/h5-11H2,1-4H3. The first-order valence-electron chi connectivity index (χ1n) is 5.87. The van der Waals surface area contributed by atoms with Crippen molar-refractivity contribution in [2.45, 2.75) is 58.5 Å². The molecule has 0 amide bonds. The molecule has 2 nitrogen and oxygen atoms in total. The second-order valence-electron chi connectivity index (χ2n) is 4.00. The van der Waals surface area contributed by atoms with Crippen molar-refractivity contribution in [3.8, 4) is 0 Å². The molecule has 0 bridgehead atoms. The van der Waals surface area contributed by atoms with Crippen LogP contribution in [0.25, 0.3) is 0 Å². The molecule has 0 heterocycles. The molecule has 0 spiro atoms. The van der Waals surface area contributed by atoms with Crippen LogP contribution in [0.5, 0.6) is 0 Å². The molecular weight excluding hydrogens is 192 g/mol. The Morgan fingerprint density at radius 2 is 1.64 bits per heavy atom. The normalized spacial score (nSPS) is 15.4. The molecule has 0 aliphatic carbocycles. The van der Waals surface area contributed by atoms with Gasteiger partial charge in [-0.15, -0.1) is 0 Å². The Morgan fingerprint density at radius 1 is 1.00 bits per heavy atom. The van der Waals surface area contributed by atoms with E-state index in [4.69, 9.17) is 8.85 Å². The van der Waals surface area contributed by atoms with E-state index in [0.717, 1.165) is 12.7 Å². The van der Waals surface area contributed by atoms with Gasteiger partial charge in [0.15, 0.2) is 0 Å². The van der Waals surface area contributed by atoms with Gasteiger partial charge < -0.3 is 8.85 Å². The summed E-state index contributed by atoms with van der Waals surface area (Å²) in [4.78, 5) is 0. The largest absolute Gasteiger partial charge is 0.398 e. The third-order valence-electron chi connectivity index (χ3n) is 2.57. The molecule has 3 heteroatoms. The van der Waals surface area contributed by atoms with Crippen LogP contribution in [0.3, 0.4) is 0 Å². The summed E-state index contributed by atoms with van der Waals surface area (Å²) in [6.07, 6.45) is 6.15. The van der Waals surface area contributed by atoms with Gasteiger partial charge >= 0.3 is 8.56 Å². The van der Waals surface area contributed by atoms with Crippen LogP contribution in [0.4, 0.5) is 0 Å². The van der Waals surface area contributed by atoms with Gasteiger partial charge in [-0.1, -0.05) is 39.5 Å². The molecule has 1 unspecified atom stereocenters. The van der Waals surface area contributed by atoms with E-state index in [-0.39, 0.29) is 0 Å². The Morgan fingerprint density at radius 3 is 2.14 bits per heavy atom. The summed E-state index contributed by atoms with van der Waals surface area (Å²) in [5.41, 5.74) is 0. The molecule has 0 aromatic heterocycles. The number of unbranched alkanes of at least 4 members (excludes halogenated alkanes) is 3. The first-order chi connectivity index (χ1) is 6.68. The average molecular weight is 218 g/mol. The molecule has 0 rings (SSSR count). The number of rotatable bonds is 9. The first kappa shape index (κ1) is 14.1. The summed E-state index contributed by atoms with van der Waals surface area (Å²) >= 11 is 0. The van der Waals surface area contributed by atoms with E-state index in [9.17, 15) is 0 Å². The molecule has 86 valence electrons. The van der Waals surface area contributed by atoms with Gasteiger partial charge in [0.05, 0.1) is 0 Å². The highest BCUT2D eigenvalue weighted by atomic mass is 28.4. The predicted octanol–water partition coefficient (Wildman–Crippen LogP) is 3.71. The Hall–Kier alpha value is 0.137. The second kappa shape index (κ2) is 8.45. The third kappa shape index (κ3) is 6.57. The van der Waals surface area contributed by atoms with Crippen LogP contribution >= 0.6 is 0 Å². The molecule has 0 N–H and O–H groups in total. The van der Waals surface area contributed by atoms with E-state index in [0.29, 0.717) is 0 Å². The van der Waals surface area contributed by atoms with Gasteiger partial charge in [0.2, 0.25) is 0 Å². The van der Waals surface area contributed by atoms with Crippen LogP contribution in [0, 0.1) is 0 Å². The van der Waals surface area contributed by atoms with Crippen LogP contribution < -0.4 is 0 Å². The fraction of sp³-hybridized carbons (Fsp3) is 1.00. The SMILES string of the molecule is CCCCCO[Si](C)(CCCC)OC. The van der Waals surface area contributed by atoms with Gasteiger partial charge in [0, 0.05) is 13.7 Å². The molecule has 0 aliphatic rings. The second-order valence-corrected chi connectivity index (χ2v) is 7.46. The monoisotopic (exact) mass is 218 g/mol. The zero-order valence-corrected chi connectivity index (χ0v) is 11.3. The lowest BCUT2D eigenvalue weighted by molar-refractivity contribution is 0.199. The number of hydrogen-bond acceptors (Lipinski definition) is 2. The van der Waals surface area contributed by atoms with Crippen molar-refractivity contribution in [1.29, 1.82) is 0 Å². The molecule has 14 heavy (non-hydrogen) atoms. The molecule has 0 aromatic rings. The maximum absolute atomic E-state index is 5.90. The smallest absolute Gasteiger partial charge is 0.334 e. The minimum atomic E-state index is -1.79. The van der Waals surface area contributed by atoms with Crippen LogP contribution in [0.15, 0.2) is 0 Å². The van der Waals surface area contributed by atoms with Crippen LogP contribution in [-0.4, -0.2) is 22.3 Å². The molecule has 0 aromatic carbocycles. The van der Waals surface area contributed by atoms with Gasteiger partial charge in [-0.25, -0.2) is 0 Å². The van der Waals surface area contributed by atoms with Crippen molar-refractivity contribution >= 4 is 8.56 Å². The fourth-order valence-corrected chi connectivity index (χ4v) is 3.41. The summed E-state index contributed by atoms with van der Waals surface area (Å²) in [7, 11) is -0.000989. The van der Waals surface area contributed by atoms with E-state index in [2.05, 4.69) is 20.4 Å². The third-order valence-corrected chi connectivity index (χ3v) is 5.51. The van der Waals surface area contributed by atoms with Gasteiger partial charge in [-0.3, -0.25) is 0 Å². The van der Waals surface area contributed by atoms with Crippen molar-refractivity contribution in [1.82, 2.24) is 0 Å². The summed E-state index contributed by atoms with van der Waals surface area (Å²) in [5.74, 6) is 0. The predicted molar refractivity (Wildman–Crippen MR) is 63.8 cm³/mol. The number of hydrogen-bond donors (Lipinski definition) is 0. The van der Waals surface area contributed by atoms with E-state index in [1.54, 1.807) is 7.11 Å². The fourth-order valence-electron chi connectivity index (χ4n) is 1.37. The van der Waals surface area contributed by atoms with Crippen molar-refractivity contribution < 1.29 is 8.85 Å².